The van der Waals surface area contributed by atoms with Crippen LogP contribution >= 0.6 is 7.82 Å². The smallest absolute Gasteiger partial charge is 0.367 e. The minimum Gasteiger partial charge on any atom is -0.367 e. The number of carbonyl (C=O) groups excluding carboxylic acids is 1. The van der Waals surface area contributed by atoms with Gasteiger partial charge in [-0.1, -0.05) is 19.4 Å². The van der Waals surface area contributed by atoms with Gasteiger partial charge in [-0.05, 0) is 19.8 Å². The van der Waals surface area contributed by atoms with Crippen LogP contribution in [0.1, 0.15) is 33.6 Å². The fourth-order valence-electron chi connectivity index (χ4n) is 0.997. The summed E-state index contributed by atoms with van der Waals surface area (Å²) in [5.74, 6) is -0.930. The zero-order valence-corrected chi connectivity index (χ0v) is 9.38. The van der Waals surface area contributed by atoms with Crippen molar-refractivity contribution in [3.05, 3.63) is 11.1 Å². The van der Waals surface area contributed by atoms with Crippen molar-refractivity contribution in [2.24, 2.45) is 0 Å². The Balaban J connectivity index is 4.74. The second kappa shape index (κ2) is 5.29. The number of phosphoric ester groups is 1. The van der Waals surface area contributed by atoms with E-state index in [4.69, 9.17) is 9.79 Å². The number of hydrogen-bond donors (Lipinski definition) is 2. The Hall–Kier alpha value is -0.640. The van der Waals surface area contributed by atoms with Gasteiger partial charge in [0.15, 0.2) is 0 Å². The molecule has 0 radical (unpaired) electrons. The van der Waals surface area contributed by atoms with Gasteiger partial charge in [-0.2, -0.15) is 0 Å². The summed E-state index contributed by atoms with van der Waals surface area (Å²) in [4.78, 5) is 28.1. The lowest BCUT2D eigenvalue weighted by atomic mass is 10.1. The van der Waals surface area contributed by atoms with E-state index >= 15 is 0 Å². The topological polar surface area (TPSA) is 83.8 Å². The zero-order valence-electron chi connectivity index (χ0n) is 8.48. The molecule has 6 heteroatoms. The van der Waals surface area contributed by atoms with Crippen LogP contribution in [0.15, 0.2) is 11.1 Å². The molecule has 0 atom stereocenters. The number of phosphoric acid groups is 1. The molecule has 0 unspecified atom stereocenters. The van der Waals surface area contributed by atoms with E-state index in [0.717, 1.165) is 5.57 Å². The molecule has 0 aliphatic rings. The molecule has 0 amide bonds. The van der Waals surface area contributed by atoms with Crippen LogP contribution in [0.25, 0.3) is 0 Å². The Bertz CT molecular complexity index is 288. The highest BCUT2D eigenvalue weighted by Gasteiger charge is 2.23. The molecule has 0 aromatic rings. The Morgan fingerprint density at radius 3 is 2.07 bits per heavy atom. The average molecular weight is 222 g/mol. The highest BCUT2D eigenvalue weighted by molar-refractivity contribution is 7.46. The highest BCUT2D eigenvalue weighted by atomic mass is 31.2. The Morgan fingerprint density at radius 1 is 1.29 bits per heavy atom. The largest absolute Gasteiger partial charge is 0.527 e. The summed E-state index contributed by atoms with van der Waals surface area (Å²) in [6.07, 6.45) is 1.05. The molecule has 0 heterocycles. The van der Waals surface area contributed by atoms with Crippen molar-refractivity contribution in [1.29, 1.82) is 0 Å². The third-order valence-corrected chi connectivity index (χ3v) is 2.25. The first kappa shape index (κ1) is 13.4. The maximum absolute atomic E-state index is 11.2. The summed E-state index contributed by atoms with van der Waals surface area (Å²) in [5, 5.41) is 0. The standard InChI is InChI=1S/C8H15O5P/c1-4-6(3)7(5-2)8(9)13-14(10,11)12/h4-5H2,1-3H3,(H2,10,11,12). The Kier molecular flexibility index (Phi) is 5.05. The van der Waals surface area contributed by atoms with Gasteiger partial charge in [0.1, 0.15) is 0 Å². The summed E-state index contributed by atoms with van der Waals surface area (Å²) in [7, 11) is -4.72. The van der Waals surface area contributed by atoms with Gasteiger partial charge in [0.2, 0.25) is 0 Å². The van der Waals surface area contributed by atoms with E-state index in [1.54, 1.807) is 13.8 Å². The zero-order chi connectivity index (χ0) is 11.4. The molecule has 14 heavy (non-hydrogen) atoms. The maximum Gasteiger partial charge on any atom is 0.527 e. The SMILES string of the molecule is CCC(C)=C(CC)C(=O)OP(=O)(O)O. The van der Waals surface area contributed by atoms with E-state index in [1.807, 2.05) is 6.92 Å². The summed E-state index contributed by atoms with van der Waals surface area (Å²) < 4.78 is 14.4. The second-order valence-corrected chi connectivity index (χ2v) is 4.00. The molecule has 0 saturated heterocycles. The van der Waals surface area contributed by atoms with Crippen LogP contribution in [0, 0.1) is 0 Å². The summed E-state index contributed by atoms with van der Waals surface area (Å²) in [6, 6.07) is 0. The molecule has 0 aromatic heterocycles. The summed E-state index contributed by atoms with van der Waals surface area (Å²) in [6.45, 7) is 5.32. The fraction of sp³-hybridized carbons (Fsp3) is 0.625. The number of rotatable bonds is 4. The van der Waals surface area contributed by atoms with Crippen molar-refractivity contribution in [2.45, 2.75) is 33.6 Å². The quantitative estimate of drug-likeness (QED) is 0.559. The Morgan fingerprint density at radius 2 is 1.79 bits per heavy atom. The van der Waals surface area contributed by atoms with Crippen molar-refractivity contribution in [1.82, 2.24) is 0 Å². The van der Waals surface area contributed by atoms with E-state index in [9.17, 15) is 9.36 Å². The van der Waals surface area contributed by atoms with Crippen molar-refractivity contribution in [3.8, 4) is 0 Å². The molecule has 0 aliphatic heterocycles. The summed E-state index contributed by atoms with van der Waals surface area (Å²) in [5.41, 5.74) is 1.11. The predicted octanol–water partition coefficient (Wildman–Crippen LogP) is 1.76. The minimum absolute atomic E-state index is 0.329. The van der Waals surface area contributed by atoms with Crippen LogP contribution in [-0.2, 0) is 13.9 Å². The molecule has 0 aliphatic carbocycles. The molecule has 0 spiro atoms. The van der Waals surface area contributed by atoms with Crippen molar-refractivity contribution < 1.29 is 23.7 Å². The lowest BCUT2D eigenvalue weighted by Gasteiger charge is -2.09. The van der Waals surface area contributed by atoms with Crippen LogP contribution in [-0.4, -0.2) is 15.8 Å². The van der Waals surface area contributed by atoms with Crippen molar-refractivity contribution in [3.63, 3.8) is 0 Å². The first-order valence-electron chi connectivity index (χ1n) is 4.29. The summed E-state index contributed by atoms with van der Waals surface area (Å²) >= 11 is 0. The van der Waals surface area contributed by atoms with Gasteiger partial charge in [-0.25, -0.2) is 9.36 Å². The number of hydrogen-bond acceptors (Lipinski definition) is 3. The first-order valence-corrected chi connectivity index (χ1v) is 5.83. The number of allylic oxidation sites excluding steroid dienone is 1. The maximum atomic E-state index is 11.2. The molecular formula is C8H15O5P. The van der Waals surface area contributed by atoms with Crippen molar-refractivity contribution >= 4 is 13.8 Å². The van der Waals surface area contributed by atoms with Crippen LogP contribution in [0.4, 0.5) is 0 Å². The second-order valence-electron chi connectivity index (χ2n) is 2.84. The predicted molar refractivity (Wildman–Crippen MR) is 51.4 cm³/mol. The molecule has 82 valence electrons. The molecule has 0 rings (SSSR count). The van der Waals surface area contributed by atoms with Gasteiger partial charge < -0.3 is 4.52 Å². The van der Waals surface area contributed by atoms with E-state index in [0.29, 0.717) is 18.4 Å². The van der Waals surface area contributed by atoms with Gasteiger partial charge in [-0.3, -0.25) is 9.79 Å². The van der Waals surface area contributed by atoms with Crippen molar-refractivity contribution in [2.75, 3.05) is 0 Å². The molecule has 0 bridgehead atoms. The van der Waals surface area contributed by atoms with E-state index < -0.39 is 13.8 Å². The number of carbonyl (C=O) groups is 1. The van der Waals surface area contributed by atoms with Crippen LogP contribution in [0.2, 0.25) is 0 Å². The normalized spacial score (nSPS) is 13.5. The molecule has 0 aromatic carbocycles. The monoisotopic (exact) mass is 222 g/mol. The van der Waals surface area contributed by atoms with Gasteiger partial charge >= 0.3 is 13.8 Å². The highest BCUT2D eigenvalue weighted by Crippen LogP contribution is 2.37. The molecule has 0 saturated carbocycles. The van der Waals surface area contributed by atoms with Gasteiger partial charge in [-0.15, -0.1) is 0 Å². The third kappa shape index (κ3) is 4.56. The van der Waals surface area contributed by atoms with Gasteiger partial charge in [0.05, 0.1) is 0 Å². The van der Waals surface area contributed by atoms with Gasteiger partial charge in [0, 0.05) is 5.57 Å². The Labute approximate surface area is 83.0 Å². The third-order valence-electron chi connectivity index (χ3n) is 1.85. The minimum atomic E-state index is -4.72. The van der Waals surface area contributed by atoms with E-state index in [2.05, 4.69) is 4.52 Å². The van der Waals surface area contributed by atoms with E-state index in [-0.39, 0.29) is 0 Å². The molecule has 5 nitrogen and oxygen atoms in total. The average Bonchev–Trinajstić information content (AvgIpc) is 2.01. The van der Waals surface area contributed by atoms with Gasteiger partial charge in [0.25, 0.3) is 0 Å². The molecule has 0 fully saturated rings. The lowest BCUT2D eigenvalue weighted by Crippen LogP contribution is -2.07. The first-order chi connectivity index (χ1) is 6.31. The van der Waals surface area contributed by atoms with Crippen LogP contribution in [0.3, 0.4) is 0 Å². The lowest BCUT2D eigenvalue weighted by molar-refractivity contribution is -0.131. The fourth-order valence-corrected chi connectivity index (χ4v) is 1.32. The molecular weight excluding hydrogens is 207 g/mol. The van der Waals surface area contributed by atoms with E-state index in [1.165, 1.54) is 0 Å². The van der Waals surface area contributed by atoms with Crippen LogP contribution in [0.5, 0.6) is 0 Å². The molecule has 2 N–H and O–H groups in total. The van der Waals surface area contributed by atoms with Crippen LogP contribution < -0.4 is 0 Å².